The van der Waals surface area contributed by atoms with Gasteiger partial charge in [-0.3, -0.25) is 0 Å². The van der Waals surface area contributed by atoms with Crippen LogP contribution in [0, 0.1) is 0 Å². The second-order valence-electron chi connectivity index (χ2n) is 16.5. The molecule has 2 heteroatoms. The van der Waals surface area contributed by atoms with Crippen LogP contribution in [0.25, 0.3) is 54.9 Å². The van der Waals surface area contributed by atoms with Crippen LogP contribution in [-0.4, -0.2) is 0 Å². The molecule has 0 radical (unpaired) electrons. The zero-order chi connectivity index (χ0) is 40.9. The SMILES string of the molecule is CC1(C)c2ccccc2N(c2c(-c3ccccc3)ccc3ccccc23)c2cccc(N(c3ccc(-c4ccccc4)cc3)c3ccc(-c4cccc5ccccc45)cc3)c21. The molecule has 0 unspecified atom stereocenters. The first-order valence-corrected chi connectivity index (χ1v) is 21.2. The highest BCUT2D eigenvalue weighted by molar-refractivity contribution is 6.08. The first kappa shape index (κ1) is 36.4. The molecular formula is C59H44N2. The van der Waals surface area contributed by atoms with Gasteiger partial charge in [-0.2, -0.15) is 0 Å². The van der Waals surface area contributed by atoms with Crippen molar-refractivity contribution in [1.29, 1.82) is 0 Å². The molecule has 10 aromatic rings. The van der Waals surface area contributed by atoms with Crippen molar-refractivity contribution in [1.82, 2.24) is 0 Å². The summed E-state index contributed by atoms with van der Waals surface area (Å²) in [6, 6.07) is 84.2. The molecule has 10 aromatic carbocycles. The zero-order valence-electron chi connectivity index (χ0n) is 34.3. The van der Waals surface area contributed by atoms with Crippen molar-refractivity contribution in [3.8, 4) is 33.4 Å². The standard InChI is InChI=1S/C59H44N2/c1-59(2)53-27-13-14-28-54(53)61(58-51-25-12-10-22-45(51)35-40-52(58)44-19-7-4-8-20-44)56-30-16-29-55(57(56)59)60(47-36-31-42(32-37-47)41-17-5-3-6-18-41)48-38-33-46(34-39-48)50-26-15-23-43-21-9-11-24-49(43)50/h3-40H,1-2H3. The average molecular weight is 781 g/mol. The monoisotopic (exact) mass is 780 g/mol. The molecule has 0 aliphatic carbocycles. The van der Waals surface area contributed by atoms with Crippen LogP contribution >= 0.6 is 0 Å². The van der Waals surface area contributed by atoms with Crippen molar-refractivity contribution in [3.05, 3.63) is 242 Å². The van der Waals surface area contributed by atoms with Gasteiger partial charge in [0.25, 0.3) is 0 Å². The highest BCUT2D eigenvalue weighted by Gasteiger charge is 2.41. The first-order valence-electron chi connectivity index (χ1n) is 21.2. The molecule has 290 valence electrons. The Morgan fingerprint density at radius 1 is 0.361 bits per heavy atom. The van der Waals surface area contributed by atoms with E-state index in [0.717, 1.165) is 17.1 Å². The molecule has 0 fully saturated rings. The molecule has 1 heterocycles. The molecule has 0 amide bonds. The van der Waals surface area contributed by atoms with E-state index in [9.17, 15) is 0 Å². The van der Waals surface area contributed by atoms with E-state index < -0.39 is 0 Å². The maximum absolute atomic E-state index is 2.55. The Morgan fingerprint density at radius 2 is 0.869 bits per heavy atom. The van der Waals surface area contributed by atoms with Gasteiger partial charge in [0, 0.05) is 33.3 Å². The summed E-state index contributed by atoms with van der Waals surface area (Å²) in [6.07, 6.45) is 0. The van der Waals surface area contributed by atoms with Crippen LogP contribution in [0.5, 0.6) is 0 Å². The summed E-state index contributed by atoms with van der Waals surface area (Å²) in [5.41, 5.74) is 16.3. The Bertz CT molecular complexity index is 3200. The van der Waals surface area contributed by atoms with Gasteiger partial charge in [0.15, 0.2) is 0 Å². The Morgan fingerprint density at radius 3 is 1.59 bits per heavy atom. The molecule has 1 aliphatic rings. The maximum Gasteiger partial charge on any atom is 0.0618 e. The average Bonchev–Trinajstić information content (AvgIpc) is 3.32. The minimum absolute atomic E-state index is 0.359. The van der Waals surface area contributed by atoms with E-state index >= 15 is 0 Å². The third-order valence-electron chi connectivity index (χ3n) is 12.6. The lowest BCUT2D eigenvalue weighted by Gasteiger charge is -2.45. The van der Waals surface area contributed by atoms with E-state index in [4.69, 9.17) is 0 Å². The fraction of sp³-hybridized carbons (Fsp3) is 0.0508. The molecular weight excluding hydrogens is 737 g/mol. The molecule has 2 nitrogen and oxygen atoms in total. The Balaban J connectivity index is 1.15. The van der Waals surface area contributed by atoms with Crippen LogP contribution in [0.1, 0.15) is 25.0 Å². The van der Waals surface area contributed by atoms with Crippen molar-refractivity contribution >= 4 is 55.7 Å². The molecule has 0 N–H and O–H groups in total. The van der Waals surface area contributed by atoms with Gasteiger partial charge < -0.3 is 9.80 Å². The smallest absolute Gasteiger partial charge is 0.0618 e. The predicted molar refractivity (Wildman–Crippen MR) is 259 cm³/mol. The van der Waals surface area contributed by atoms with Crippen LogP contribution in [0.3, 0.4) is 0 Å². The number of hydrogen-bond donors (Lipinski definition) is 0. The lowest BCUT2D eigenvalue weighted by molar-refractivity contribution is 0.632. The number of anilines is 6. The number of benzene rings is 10. The van der Waals surface area contributed by atoms with Gasteiger partial charge in [-0.25, -0.2) is 0 Å². The Labute approximate surface area is 358 Å². The molecule has 0 saturated carbocycles. The summed E-state index contributed by atoms with van der Waals surface area (Å²) in [7, 11) is 0. The van der Waals surface area contributed by atoms with Crippen LogP contribution in [0.2, 0.25) is 0 Å². The fourth-order valence-electron chi connectivity index (χ4n) is 9.72. The summed E-state index contributed by atoms with van der Waals surface area (Å²) in [5.74, 6) is 0. The van der Waals surface area contributed by atoms with Gasteiger partial charge in [0.05, 0.1) is 22.7 Å². The summed E-state index contributed by atoms with van der Waals surface area (Å²) in [4.78, 5) is 5.01. The lowest BCUT2D eigenvalue weighted by Crippen LogP contribution is -2.32. The largest absolute Gasteiger partial charge is 0.310 e. The minimum Gasteiger partial charge on any atom is -0.310 e. The normalized spacial score (nSPS) is 12.9. The molecule has 0 aromatic heterocycles. The van der Waals surface area contributed by atoms with Crippen molar-refractivity contribution < 1.29 is 0 Å². The third kappa shape index (κ3) is 6.19. The van der Waals surface area contributed by atoms with Gasteiger partial charge in [0.1, 0.15) is 0 Å². The zero-order valence-corrected chi connectivity index (χ0v) is 34.3. The number of fused-ring (bicyclic) bond motifs is 4. The third-order valence-corrected chi connectivity index (χ3v) is 12.6. The second kappa shape index (κ2) is 14.9. The summed E-state index contributed by atoms with van der Waals surface area (Å²) >= 11 is 0. The van der Waals surface area contributed by atoms with Crippen LogP contribution in [-0.2, 0) is 5.41 Å². The fourth-order valence-corrected chi connectivity index (χ4v) is 9.72. The predicted octanol–water partition coefficient (Wildman–Crippen LogP) is 16.6. The number of para-hydroxylation sites is 1. The van der Waals surface area contributed by atoms with E-state index in [1.54, 1.807) is 0 Å². The minimum atomic E-state index is -0.359. The number of hydrogen-bond acceptors (Lipinski definition) is 2. The second-order valence-corrected chi connectivity index (χ2v) is 16.5. The quantitative estimate of drug-likeness (QED) is 0.159. The number of rotatable bonds is 7. The summed E-state index contributed by atoms with van der Waals surface area (Å²) in [5, 5.41) is 4.93. The van der Waals surface area contributed by atoms with Gasteiger partial charge in [-0.1, -0.05) is 202 Å². The first-order chi connectivity index (χ1) is 30.0. The summed E-state index contributed by atoms with van der Waals surface area (Å²) in [6.45, 7) is 4.79. The van der Waals surface area contributed by atoms with E-state index in [-0.39, 0.29) is 5.41 Å². The Hall–Kier alpha value is -7.68. The van der Waals surface area contributed by atoms with Crippen LogP contribution < -0.4 is 9.80 Å². The highest BCUT2D eigenvalue weighted by atomic mass is 15.2. The van der Waals surface area contributed by atoms with E-state index in [0.29, 0.717) is 0 Å². The van der Waals surface area contributed by atoms with Gasteiger partial charge >= 0.3 is 0 Å². The van der Waals surface area contributed by atoms with Crippen molar-refractivity contribution in [3.63, 3.8) is 0 Å². The van der Waals surface area contributed by atoms with Gasteiger partial charge in [-0.05, 0) is 92.0 Å². The molecule has 0 bridgehead atoms. The molecule has 61 heavy (non-hydrogen) atoms. The van der Waals surface area contributed by atoms with Crippen molar-refractivity contribution in [2.75, 3.05) is 9.80 Å². The number of nitrogens with zero attached hydrogens (tertiary/aromatic N) is 2. The van der Waals surface area contributed by atoms with E-state index in [1.165, 1.54) is 83.1 Å². The van der Waals surface area contributed by atoms with E-state index in [2.05, 4.69) is 254 Å². The highest BCUT2D eigenvalue weighted by Crippen LogP contribution is 2.58. The van der Waals surface area contributed by atoms with Gasteiger partial charge in [-0.15, -0.1) is 0 Å². The lowest BCUT2D eigenvalue weighted by atomic mass is 9.72. The topological polar surface area (TPSA) is 6.48 Å². The summed E-state index contributed by atoms with van der Waals surface area (Å²) < 4.78 is 0. The Kier molecular flexibility index (Phi) is 8.86. The van der Waals surface area contributed by atoms with Crippen LogP contribution in [0.15, 0.2) is 231 Å². The van der Waals surface area contributed by atoms with Crippen molar-refractivity contribution in [2.24, 2.45) is 0 Å². The van der Waals surface area contributed by atoms with E-state index in [1.807, 2.05) is 0 Å². The molecule has 0 atom stereocenters. The molecule has 1 aliphatic heterocycles. The van der Waals surface area contributed by atoms with Crippen molar-refractivity contribution in [2.45, 2.75) is 19.3 Å². The van der Waals surface area contributed by atoms with Crippen LogP contribution in [0.4, 0.5) is 34.1 Å². The molecule has 11 rings (SSSR count). The van der Waals surface area contributed by atoms with Gasteiger partial charge in [0.2, 0.25) is 0 Å². The molecule has 0 saturated heterocycles. The molecule has 0 spiro atoms. The maximum atomic E-state index is 2.55.